The van der Waals surface area contributed by atoms with Gasteiger partial charge in [-0.1, -0.05) is 29.8 Å². The lowest BCUT2D eigenvalue weighted by atomic mass is 10.0. The van der Waals surface area contributed by atoms with Gasteiger partial charge in [-0.3, -0.25) is 9.59 Å². The van der Waals surface area contributed by atoms with Crippen molar-refractivity contribution >= 4 is 45.0 Å². The molecule has 3 aromatic carbocycles. The first-order valence-electron chi connectivity index (χ1n) is 12.6. The second-order valence-corrected chi connectivity index (χ2v) is 10.1. The van der Waals surface area contributed by atoms with Crippen LogP contribution in [0.5, 0.6) is 5.75 Å². The van der Waals surface area contributed by atoms with Crippen molar-refractivity contribution in [3.63, 3.8) is 0 Å². The summed E-state index contributed by atoms with van der Waals surface area (Å²) in [6.45, 7) is 0.502. The summed E-state index contributed by atoms with van der Waals surface area (Å²) in [7, 11) is 0. The lowest BCUT2D eigenvalue weighted by Gasteiger charge is -2.13. The number of carbonyl (C=O) groups excluding carboxylic acids is 1. The Hall–Kier alpha value is -3.43. The molecule has 38 heavy (non-hydrogen) atoms. The lowest BCUT2D eigenvalue weighted by Crippen LogP contribution is -2.31. The molecule has 5 rings (SSSR count). The first-order valence-corrected chi connectivity index (χ1v) is 13.0. The van der Waals surface area contributed by atoms with Crippen molar-refractivity contribution in [3.8, 4) is 5.75 Å². The van der Waals surface area contributed by atoms with Crippen LogP contribution in [0, 0.1) is 0 Å². The Labute approximate surface area is 225 Å². The molecule has 0 aliphatic heterocycles. The van der Waals surface area contributed by atoms with E-state index in [0.717, 1.165) is 40.1 Å². The Balaban J connectivity index is 1.42. The maximum absolute atomic E-state index is 13.4. The number of aryl methyl sites for hydroxylation is 1. The molecule has 0 saturated heterocycles. The Bertz CT molecular complexity index is 1510. The average molecular weight is 536 g/mol. The monoisotopic (exact) mass is 535 g/mol. The number of Topliss-reactive ketones (excluding diaryl/α,β-unsaturated/α-hetero) is 1. The summed E-state index contributed by atoms with van der Waals surface area (Å²) < 4.78 is 13.4. The summed E-state index contributed by atoms with van der Waals surface area (Å²) in [5.74, 6) is -0.147. The van der Waals surface area contributed by atoms with Crippen molar-refractivity contribution < 1.29 is 24.2 Å². The lowest BCUT2D eigenvalue weighted by molar-refractivity contribution is -0.138. The number of ketones is 1. The largest absolute Gasteiger partial charge is 0.485 e. The SMILES string of the molecule is NCOCc1cc2cc(Cl)ccc2cc1OCC(=O)c1cn(CC[C@H](N)C(=O)O)c2cc(C3CC3)ccc12. The number of carbonyl (C=O) groups is 2. The first-order chi connectivity index (χ1) is 18.3. The molecule has 0 amide bonds. The van der Waals surface area contributed by atoms with E-state index in [1.807, 2.05) is 34.9 Å². The van der Waals surface area contributed by atoms with Crippen LogP contribution in [-0.4, -0.2) is 40.8 Å². The molecule has 1 aliphatic rings. The molecule has 1 fully saturated rings. The van der Waals surface area contributed by atoms with Crippen molar-refractivity contribution in [1.82, 2.24) is 4.57 Å². The van der Waals surface area contributed by atoms with E-state index in [2.05, 4.69) is 12.1 Å². The predicted octanol–water partition coefficient (Wildman–Crippen LogP) is 4.82. The first kappa shape index (κ1) is 26.2. The molecule has 0 radical (unpaired) electrons. The molecular weight excluding hydrogens is 506 g/mol. The number of halogens is 1. The van der Waals surface area contributed by atoms with Crippen LogP contribution in [0.3, 0.4) is 0 Å². The van der Waals surface area contributed by atoms with Crippen molar-refractivity contribution in [3.05, 3.63) is 76.4 Å². The third-order valence-corrected chi connectivity index (χ3v) is 7.20. The van der Waals surface area contributed by atoms with E-state index in [9.17, 15) is 14.7 Å². The summed E-state index contributed by atoms with van der Waals surface area (Å²) in [6, 6.07) is 14.5. The molecular formula is C29H30ClN3O5. The van der Waals surface area contributed by atoms with Gasteiger partial charge in [-0.25, -0.2) is 0 Å². The van der Waals surface area contributed by atoms with E-state index >= 15 is 0 Å². The summed E-state index contributed by atoms with van der Waals surface area (Å²) in [5.41, 5.74) is 14.7. The maximum Gasteiger partial charge on any atom is 0.320 e. The highest BCUT2D eigenvalue weighted by Gasteiger charge is 2.25. The fourth-order valence-corrected chi connectivity index (χ4v) is 4.90. The quantitative estimate of drug-likeness (QED) is 0.175. The second kappa shape index (κ2) is 11.1. The molecule has 1 aliphatic carbocycles. The Kier molecular flexibility index (Phi) is 7.67. The molecule has 1 aromatic heterocycles. The van der Waals surface area contributed by atoms with Crippen molar-refractivity contribution in [2.75, 3.05) is 13.3 Å². The molecule has 0 unspecified atom stereocenters. The van der Waals surface area contributed by atoms with Gasteiger partial charge in [0.15, 0.2) is 6.61 Å². The molecule has 8 nitrogen and oxygen atoms in total. The zero-order chi connectivity index (χ0) is 26.8. The standard InChI is InChI=1S/C29H30ClN3O5/c30-22-5-3-19-12-28(21(14-37-16-31)9-20(19)10-22)38-15-27(34)24-13-33(8-7-25(32)29(35)36)26-11-18(17-1-2-17)4-6-23(24)26/h3-6,9-13,17,25H,1-2,7-8,14-16,31-32H2,(H,35,36)/t25-/m0/s1. The van der Waals surface area contributed by atoms with E-state index in [-0.39, 0.29) is 32.1 Å². The Morgan fingerprint density at radius 2 is 1.92 bits per heavy atom. The van der Waals surface area contributed by atoms with Gasteiger partial charge in [-0.05, 0) is 71.8 Å². The number of aliphatic carboxylic acids is 1. The van der Waals surface area contributed by atoms with Gasteiger partial charge in [0, 0.05) is 39.8 Å². The van der Waals surface area contributed by atoms with Gasteiger partial charge in [0.1, 0.15) is 11.8 Å². The van der Waals surface area contributed by atoms with Gasteiger partial charge in [0.2, 0.25) is 5.78 Å². The number of hydrogen-bond acceptors (Lipinski definition) is 6. The van der Waals surface area contributed by atoms with Crippen LogP contribution in [0.2, 0.25) is 5.02 Å². The van der Waals surface area contributed by atoms with Gasteiger partial charge in [0.25, 0.3) is 0 Å². The van der Waals surface area contributed by atoms with Crippen molar-refractivity contribution in [2.24, 2.45) is 11.5 Å². The maximum atomic E-state index is 13.4. The number of carboxylic acid groups (broad SMARTS) is 1. The van der Waals surface area contributed by atoms with Crippen molar-refractivity contribution in [2.45, 2.75) is 44.4 Å². The van der Waals surface area contributed by atoms with Gasteiger partial charge in [-0.2, -0.15) is 0 Å². The van der Waals surface area contributed by atoms with Crippen LogP contribution >= 0.6 is 11.6 Å². The third-order valence-electron chi connectivity index (χ3n) is 6.97. The molecule has 1 atom stereocenters. The van der Waals surface area contributed by atoms with Crippen LogP contribution in [0.4, 0.5) is 0 Å². The van der Waals surface area contributed by atoms with E-state index < -0.39 is 12.0 Å². The molecule has 5 N–H and O–H groups in total. The number of hydrogen-bond donors (Lipinski definition) is 3. The van der Waals surface area contributed by atoms with Crippen LogP contribution in [0.1, 0.15) is 46.7 Å². The average Bonchev–Trinajstić information content (AvgIpc) is 3.70. The topological polar surface area (TPSA) is 130 Å². The zero-order valence-electron chi connectivity index (χ0n) is 20.9. The normalized spacial score (nSPS) is 14.2. The van der Waals surface area contributed by atoms with Crippen LogP contribution in [-0.2, 0) is 22.7 Å². The zero-order valence-corrected chi connectivity index (χ0v) is 21.6. The predicted molar refractivity (Wildman–Crippen MR) is 147 cm³/mol. The number of ether oxygens (including phenoxy) is 2. The van der Waals surface area contributed by atoms with E-state index in [0.29, 0.717) is 28.8 Å². The summed E-state index contributed by atoms with van der Waals surface area (Å²) in [4.78, 5) is 24.7. The highest BCUT2D eigenvalue weighted by atomic mass is 35.5. The Morgan fingerprint density at radius 3 is 2.66 bits per heavy atom. The van der Waals surface area contributed by atoms with Crippen LogP contribution < -0.4 is 16.2 Å². The fourth-order valence-electron chi connectivity index (χ4n) is 4.72. The molecule has 1 heterocycles. The summed E-state index contributed by atoms with van der Waals surface area (Å²) >= 11 is 6.16. The van der Waals surface area contributed by atoms with Gasteiger partial charge >= 0.3 is 5.97 Å². The molecule has 9 heteroatoms. The number of benzene rings is 3. The number of rotatable bonds is 12. The van der Waals surface area contributed by atoms with E-state index in [1.54, 1.807) is 12.3 Å². The van der Waals surface area contributed by atoms with Gasteiger partial charge in [0.05, 0.1) is 13.3 Å². The fraction of sp³-hybridized carbons (Fsp3) is 0.310. The minimum atomic E-state index is -1.04. The minimum absolute atomic E-state index is 0.0554. The molecule has 0 spiro atoms. The summed E-state index contributed by atoms with van der Waals surface area (Å²) in [6.07, 6.45) is 4.35. The highest BCUT2D eigenvalue weighted by Crippen LogP contribution is 2.41. The third kappa shape index (κ3) is 5.68. The van der Waals surface area contributed by atoms with E-state index in [1.165, 1.54) is 5.56 Å². The minimum Gasteiger partial charge on any atom is -0.485 e. The number of fused-ring (bicyclic) bond motifs is 2. The molecule has 1 saturated carbocycles. The molecule has 198 valence electrons. The Morgan fingerprint density at radius 1 is 1.11 bits per heavy atom. The van der Waals surface area contributed by atoms with Crippen LogP contribution in [0.15, 0.2) is 54.7 Å². The second-order valence-electron chi connectivity index (χ2n) is 9.70. The van der Waals surface area contributed by atoms with E-state index in [4.69, 9.17) is 32.5 Å². The van der Waals surface area contributed by atoms with Crippen LogP contribution in [0.25, 0.3) is 21.7 Å². The number of carboxylic acids is 1. The van der Waals surface area contributed by atoms with Gasteiger partial charge in [-0.15, -0.1) is 0 Å². The highest BCUT2D eigenvalue weighted by molar-refractivity contribution is 6.31. The number of nitrogens with zero attached hydrogens (tertiary/aromatic N) is 1. The smallest absolute Gasteiger partial charge is 0.320 e. The molecule has 4 aromatic rings. The summed E-state index contributed by atoms with van der Waals surface area (Å²) in [5, 5.41) is 12.5. The number of aromatic nitrogens is 1. The van der Waals surface area contributed by atoms with Crippen molar-refractivity contribution in [1.29, 1.82) is 0 Å². The molecule has 0 bridgehead atoms. The number of nitrogens with two attached hydrogens (primary N) is 2. The van der Waals surface area contributed by atoms with Gasteiger partial charge < -0.3 is 30.6 Å².